The smallest absolute Gasteiger partial charge is 0.124 e. The minimum atomic E-state index is -0.911. The van der Waals surface area contributed by atoms with Gasteiger partial charge < -0.3 is 10.2 Å². The summed E-state index contributed by atoms with van der Waals surface area (Å²) >= 11 is 0. The molecule has 0 aromatic heterocycles. The van der Waals surface area contributed by atoms with Gasteiger partial charge in [0, 0.05) is 17.2 Å². The van der Waals surface area contributed by atoms with Crippen molar-refractivity contribution in [1.29, 1.82) is 0 Å². The van der Waals surface area contributed by atoms with Crippen molar-refractivity contribution >= 4 is 0 Å². The third-order valence-corrected chi connectivity index (χ3v) is 9.16. The summed E-state index contributed by atoms with van der Waals surface area (Å²) in [5.41, 5.74) is 5.56. The maximum absolute atomic E-state index is 12.1. The highest BCUT2D eigenvalue weighted by molar-refractivity contribution is 5.70. The van der Waals surface area contributed by atoms with Gasteiger partial charge in [-0.2, -0.15) is 0 Å². The Hall–Kier alpha value is -5.86. The van der Waals surface area contributed by atoms with E-state index in [1.165, 1.54) is 6.07 Å². The van der Waals surface area contributed by atoms with Crippen molar-refractivity contribution in [3.05, 3.63) is 239 Å². The van der Waals surface area contributed by atoms with E-state index >= 15 is 0 Å². The van der Waals surface area contributed by atoms with Crippen LogP contribution >= 0.6 is 0 Å². The number of hydrogen-bond acceptors (Lipinski definition) is 2. The molecule has 0 spiro atoms. The lowest BCUT2D eigenvalue weighted by Crippen LogP contribution is -2.34. The molecule has 7 aromatic carbocycles. The van der Waals surface area contributed by atoms with Gasteiger partial charge in [-0.3, -0.25) is 0 Å². The van der Waals surface area contributed by atoms with Crippen molar-refractivity contribution in [2.75, 3.05) is 0 Å². The molecule has 0 aliphatic carbocycles. The Balaban J connectivity index is 1.67. The van der Waals surface area contributed by atoms with Crippen LogP contribution in [0.5, 0.6) is 11.5 Å². The monoisotopic (exact) mass is 594 g/mol. The van der Waals surface area contributed by atoms with Crippen molar-refractivity contribution < 1.29 is 10.2 Å². The molecular formula is C44H34O2. The highest BCUT2D eigenvalue weighted by Gasteiger charge is 2.45. The van der Waals surface area contributed by atoms with Gasteiger partial charge in [0.2, 0.25) is 0 Å². The summed E-state index contributed by atoms with van der Waals surface area (Å²) in [4.78, 5) is 0. The van der Waals surface area contributed by atoms with E-state index in [0.29, 0.717) is 11.1 Å². The first-order chi connectivity index (χ1) is 22.7. The van der Waals surface area contributed by atoms with E-state index < -0.39 is 10.8 Å². The van der Waals surface area contributed by atoms with Crippen molar-refractivity contribution in [2.24, 2.45) is 0 Å². The van der Waals surface area contributed by atoms with E-state index in [1.807, 2.05) is 115 Å². The van der Waals surface area contributed by atoms with E-state index in [-0.39, 0.29) is 11.5 Å². The van der Waals surface area contributed by atoms with Crippen LogP contribution in [0, 0.1) is 0 Å². The molecule has 0 radical (unpaired) electrons. The molecule has 0 aliphatic heterocycles. The molecule has 2 N–H and O–H groups in total. The number of hydrogen-bond donors (Lipinski definition) is 2. The number of phenols is 2. The van der Waals surface area contributed by atoms with Crippen LogP contribution < -0.4 is 0 Å². The van der Waals surface area contributed by atoms with Crippen LogP contribution in [0.3, 0.4) is 0 Å². The molecule has 0 saturated heterocycles. The molecule has 0 saturated carbocycles. The summed E-state index contributed by atoms with van der Waals surface area (Å²) < 4.78 is 0. The summed E-state index contributed by atoms with van der Waals surface area (Å²) in [6.07, 6.45) is 0. The number of rotatable bonds is 8. The molecule has 0 bridgehead atoms. The third kappa shape index (κ3) is 4.67. The second-order valence-corrected chi connectivity index (χ2v) is 11.6. The Morgan fingerprint density at radius 1 is 0.261 bits per heavy atom. The van der Waals surface area contributed by atoms with Crippen LogP contribution in [0.4, 0.5) is 0 Å². The van der Waals surface area contributed by atoms with Gasteiger partial charge in [0.1, 0.15) is 11.5 Å². The Kier molecular flexibility index (Phi) is 7.70. The van der Waals surface area contributed by atoms with E-state index in [2.05, 4.69) is 72.8 Å². The minimum absolute atomic E-state index is 0.0147. The Morgan fingerprint density at radius 2 is 0.457 bits per heavy atom. The zero-order chi connectivity index (χ0) is 31.4. The molecule has 7 aromatic rings. The average Bonchev–Trinajstić information content (AvgIpc) is 3.13. The normalized spacial score (nSPS) is 11.7. The molecule has 2 nitrogen and oxygen atoms in total. The van der Waals surface area contributed by atoms with Crippen LogP contribution in [0.15, 0.2) is 194 Å². The Bertz CT molecular complexity index is 1680. The fraction of sp³-hybridized carbons (Fsp3) is 0.0455. The van der Waals surface area contributed by atoms with Gasteiger partial charge in [0.15, 0.2) is 0 Å². The van der Waals surface area contributed by atoms with E-state index in [9.17, 15) is 10.2 Å². The summed E-state index contributed by atoms with van der Waals surface area (Å²) in [6, 6.07) is 65.5. The van der Waals surface area contributed by atoms with Gasteiger partial charge in [-0.1, -0.05) is 182 Å². The summed E-state index contributed by atoms with van der Waals surface area (Å²) in [5, 5.41) is 24.1. The van der Waals surface area contributed by atoms with Crippen LogP contribution in [-0.2, 0) is 10.8 Å². The fourth-order valence-corrected chi connectivity index (χ4v) is 7.24. The van der Waals surface area contributed by atoms with E-state index in [1.54, 1.807) is 0 Å². The molecule has 0 amide bonds. The first-order valence-corrected chi connectivity index (χ1v) is 15.6. The quantitative estimate of drug-likeness (QED) is 0.172. The van der Waals surface area contributed by atoms with Gasteiger partial charge >= 0.3 is 0 Å². The van der Waals surface area contributed by atoms with Gasteiger partial charge in [-0.15, -0.1) is 0 Å². The highest BCUT2D eigenvalue weighted by atomic mass is 16.3. The molecule has 0 unspecified atom stereocenters. The lowest BCUT2D eigenvalue weighted by molar-refractivity contribution is 0.432. The molecule has 0 aliphatic rings. The van der Waals surface area contributed by atoms with Crippen molar-refractivity contribution in [3.8, 4) is 11.5 Å². The SMILES string of the molecule is Oc1cc(O)c(C(c2ccccc2)(c2ccccc2)c2ccccc2)cc1C(c1ccccc1)(c1ccccc1)c1ccccc1. The third-order valence-electron chi connectivity index (χ3n) is 9.16. The Labute approximate surface area is 270 Å². The molecule has 0 atom stereocenters. The predicted molar refractivity (Wildman–Crippen MR) is 186 cm³/mol. The zero-order valence-electron chi connectivity index (χ0n) is 25.4. The second kappa shape index (κ2) is 12.3. The molecule has 0 fully saturated rings. The summed E-state index contributed by atoms with van der Waals surface area (Å²) in [6.45, 7) is 0. The second-order valence-electron chi connectivity index (χ2n) is 11.6. The van der Waals surface area contributed by atoms with Crippen molar-refractivity contribution in [2.45, 2.75) is 10.8 Å². The maximum Gasteiger partial charge on any atom is 0.124 e. The number of phenolic OH excluding ortho intramolecular Hbond substituents is 2. The largest absolute Gasteiger partial charge is 0.507 e. The molecule has 222 valence electrons. The topological polar surface area (TPSA) is 40.5 Å². The molecular weight excluding hydrogens is 560 g/mol. The summed E-state index contributed by atoms with van der Waals surface area (Å²) in [7, 11) is 0. The van der Waals surface area contributed by atoms with Gasteiger partial charge in [-0.05, 0) is 39.4 Å². The zero-order valence-corrected chi connectivity index (χ0v) is 25.4. The first kappa shape index (κ1) is 28.9. The standard InChI is InChI=1S/C44H34O2/c45-41-32-42(46)40(44(36-25-13-4-14-26-36,37-27-15-5-16-28-37)38-29-17-6-18-30-38)31-39(41)43(33-19-7-1-8-20-33,34-21-9-2-10-22-34)35-23-11-3-12-24-35/h1-32,45-46H. The average molecular weight is 595 g/mol. The number of benzene rings is 7. The van der Waals surface area contributed by atoms with Crippen molar-refractivity contribution in [3.63, 3.8) is 0 Å². The van der Waals surface area contributed by atoms with Gasteiger partial charge in [0.25, 0.3) is 0 Å². The van der Waals surface area contributed by atoms with E-state index in [0.717, 1.165) is 33.4 Å². The molecule has 0 heterocycles. The van der Waals surface area contributed by atoms with Crippen molar-refractivity contribution in [1.82, 2.24) is 0 Å². The summed E-state index contributed by atoms with van der Waals surface area (Å²) in [5.74, 6) is 0.0294. The predicted octanol–water partition coefficient (Wildman–Crippen LogP) is 9.86. The fourth-order valence-electron chi connectivity index (χ4n) is 7.24. The van der Waals surface area contributed by atoms with Crippen LogP contribution in [-0.4, -0.2) is 10.2 Å². The molecule has 7 rings (SSSR count). The lowest BCUT2D eigenvalue weighted by atomic mass is 9.61. The molecule has 2 heteroatoms. The molecule has 46 heavy (non-hydrogen) atoms. The van der Waals surface area contributed by atoms with Crippen LogP contribution in [0.1, 0.15) is 44.5 Å². The first-order valence-electron chi connectivity index (χ1n) is 15.6. The van der Waals surface area contributed by atoms with Gasteiger partial charge in [-0.25, -0.2) is 0 Å². The highest BCUT2D eigenvalue weighted by Crippen LogP contribution is 2.54. The van der Waals surface area contributed by atoms with Gasteiger partial charge in [0.05, 0.1) is 10.8 Å². The number of aromatic hydroxyl groups is 2. The van der Waals surface area contributed by atoms with Crippen LogP contribution in [0.2, 0.25) is 0 Å². The van der Waals surface area contributed by atoms with E-state index in [4.69, 9.17) is 0 Å². The Morgan fingerprint density at radius 3 is 0.652 bits per heavy atom. The maximum atomic E-state index is 12.1. The van der Waals surface area contributed by atoms with Crippen LogP contribution in [0.25, 0.3) is 0 Å². The lowest BCUT2D eigenvalue weighted by Gasteiger charge is -2.40. The minimum Gasteiger partial charge on any atom is -0.507 e.